The molecule has 1 atom stereocenters. The van der Waals surface area contributed by atoms with Crippen molar-refractivity contribution in [3.63, 3.8) is 0 Å². The van der Waals surface area contributed by atoms with E-state index in [-0.39, 0.29) is 17.0 Å². The van der Waals surface area contributed by atoms with Gasteiger partial charge in [0.25, 0.3) is 0 Å². The molecule has 1 nitrogen and oxygen atoms in total. The molecule has 0 aliphatic carbocycles. The molecule has 4 heteroatoms. The van der Waals surface area contributed by atoms with E-state index in [2.05, 4.69) is 0 Å². The lowest BCUT2D eigenvalue weighted by Gasteiger charge is -2.12. The Morgan fingerprint density at radius 3 is 2.69 bits per heavy atom. The molecule has 0 unspecified atom stereocenters. The first-order valence-corrected chi connectivity index (χ1v) is 4.30. The highest BCUT2D eigenvalue weighted by atomic mass is 35.5. The highest BCUT2D eigenvalue weighted by Crippen LogP contribution is 2.26. The molecule has 0 heterocycles. The Kier molecular flexibility index (Phi) is 3.63. The molecule has 1 rings (SSSR count). The molecule has 0 aliphatic rings. The molecule has 0 spiro atoms. The van der Waals surface area contributed by atoms with Crippen molar-refractivity contribution < 1.29 is 8.78 Å². The normalized spacial score (nSPS) is 12.9. The molecular weight excluding hydrogens is 196 g/mol. The van der Waals surface area contributed by atoms with Gasteiger partial charge >= 0.3 is 0 Å². The van der Waals surface area contributed by atoms with Crippen LogP contribution in [-0.4, -0.2) is 6.67 Å². The van der Waals surface area contributed by atoms with E-state index >= 15 is 0 Å². The van der Waals surface area contributed by atoms with Gasteiger partial charge in [-0.3, -0.25) is 4.39 Å². The van der Waals surface area contributed by atoms with Crippen molar-refractivity contribution in [2.24, 2.45) is 5.73 Å². The van der Waals surface area contributed by atoms with Gasteiger partial charge in [0.05, 0.1) is 6.67 Å². The van der Waals surface area contributed by atoms with Gasteiger partial charge in [-0.1, -0.05) is 17.7 Å². The van der Waals surface area contributed by atoms with Gasteiger partial charge in [-0.05, 0) is 18.6 Å². The van der Waals surface area contributed by atoms with E-state index in [1.165, 1.54) is 18.2 Å². The molecule has 0 bridgehead atoms. The highest BCUT2D eigenvalue weighted by Gasteiger charge is 2.14. The van der Waals surface area contributed by atoms with Crippen molar-refractivity contribution in [1.29, 1.82) is 0 Å². The maximum Gasteiger partial charge on any atom is 0.129 e. The summed E-state index contributed by atoms with van der Waals surface area (Å²) in [4.78, 5) is 0. The summed E-state index contributed by atoms with van der Waals surface area (Å²) in [5.41, 5.74) is 5.74. The standard InChI is InChI=1S/C9H10ClF2N/c10-6-2-1-3-7(12)9(6)8(13)4-5-11/h1-3,8H,4-5,13H2/t8-/m1/s1. The number of hydrogen-bond acceptors (Lipinski definition) is 1. The van der Waals surface area contributed by atoms with E-state index in [0.717, 1.165) is 0 Å². The Hall–Kier alpha value is -0.670. The van der Waals surface area contributed by atoms with Gasteiger partial charge in [-0.2, -0.15) is 0 Å². The monoisotopic (exact) mass is 205 g/mol. The summed E-state index contributed by atoms with van der Waals surface area (Å²) >= 11 is 5.72. The van der Waals surface area contributed by atoms with Gasteiger partial charge in [0.1, 0.15) is 5.82 Å². The molecule has 1 aromatic carbocycles. The summed E-state index contributed by atoms with van der Waals surface area (Å²) in [6, 6.07) is 3.62. The largest absolute Gasteiger partial charge is 0.324 e. The molecule has 0 fully saturated rings. The predicted octanol–water partition coefficient (Wildman–Crippen LogP) is 2.84. The maximum absolute atomic E-state index is 13.1. The fourth-order valence-corrected chi connectivity index (χ4v) is 1.43. The van der Waals surface area contributed by atoms with Gasteiger partial charge in [-0.15, -0.1) is 0 Å². The second-order valence-corrected chi connectivity index (χ2v) is 3.13. The lowest BCUT2D eigenvalue weighted by molar-refractivity contribution is 0.435. The van der Waals surface area contributed by atoms with E-state index < -0.39 is 18.5 Å². The molecule has 72 valence electrons. The molecule has 0 saturated carbocycles. The predicted molar refractivity (Wildman–Crippen MR) is 48.9 cm³/mol. The van der Waals surface area contributed by atoms with Crippen molar-refractivity contribution >= 4 is 11.6 Å². The molecule has 0 radical (unpaired) electrons. The Morgan fingerprint density at radius 1 is 1.46 bits per heavy atom. The molecule has 0 saturated heterocycles. The summed E-state index contributed by atoms with van der Waals surface area (Å²) < 4.78 is 25.1. The number of nitrogens with two attached hydrogens (primary N) is 1. The SMILES string of the molecule is N[C@H](CCF)c1c(F)cccc1Cl. The van der Waals surface area contributed by atoms with Crippen LogP contribution in [0, 0.1) is 5.82 Å². The number of alkyl halides is 1. The third-order valence-corrected chi connectivity index (χ3v) is 2.12. The topological polar surface area (TPSA) is 26.0 Å². The molecule has 13 heavy (non-hydrogen) atoms. The first-order valence-electron chi connectivity index (χ1n) is 3.92. The minimum atomic E-state index is -0.668. The summed E-state index contributed by atoms with van der Waals surface area (Å²) in [6.45, 7) is -0.578. The average molecular weight is 206 g/mol. The van der Waals surface area contributed by atoms with E-state index in [1.807, 2.05) is 0 Å². The lowest BCUT2D eigenvalue weighted by atomic mass is 10.0. The highest BCUT2D eigenvalue weighted by molar-refractivity contribution is 6.31. The third kappa shape index (κ3) is 2.39. The zero-order valence-corrected chi connectivity index (χ0v) is 7.69. The zero-order chi connectivity index (χ0) is 9.84. The molecule has 0 aliphatic heterocycles. The van der Waals surface area contributed by atoms with Crippen molar-refractivity contribution in [3.05, 3.63) is 34.6 Å². The van der Waals surface area contributed by atoms with E-state index in [9.17, 15) is 8.78 Å². The summed E-state index contributed by atoms with van der Waals surface area (Å²) in [7, 11) is 0. The average Bonchev–Trinajstić information content (AvgIpc) is 2.04. The summed E-state index contributed by atoms with van der Waals surface area (Å²) in [5, 5.41) is 0.251. The van der Waals surface area contributed by atoms with Gasteiger partial charge in [0.15, 0.2) is 0 Å². The minimum Gasteiger partial charge on any atom is -0.324 e. The minimum absolute atomic E-state index is 0.0840. The van der Waals surface area contributed by atoms with Crippen LogP contribution in [0.4, 0.5) is 8.78 Å². The third-order valence-electron chi connectivity index (χ3n) is 1.79. The van der Waals surface area contributed by atoms with Crippen molar-refractivity contribution in [2.75, 3.05) is 6.67 Å². The molecule has 0 amide bonds. The van der Waals surface area contributed by atoms with E-state index in [0.29, 0.717) is 0 Å². The van der Waals surface area contributed by atoms with Crippen LogP contribution in [0.2, 0.25) is 5.02 Å². The zero-order valence-electron chi connectivity index (χ0n) is 6.93. The fraction of sp³-hybridized carbons (Fsp3) is 0.333. The second kappa shape index (κ2) is 4.53. The number of halogens is 3. The van der Waals surface area contributed by atoms with Crippen LogP contribution in [0.3, 0.4) is 0 Å². The van der Waals surface area contributed by atoms with Gasteiger partial charge < -0.3 is 5.73 Å². The number of rotatable bonds is 3. The van der Waals surface area contributed by atoms with Crippen LogP contribution in [-0.2, 0) is 0 Å². The molecule has 2 N–H and O–H groups in total. The van der Waals surface area contributed by atoms with Crippen LogP contribution in [0.15, 0.2) is 18.2 Å². The van der Waals surface area contributed by atoms with E-state index in [4.69, 9.17) is 17.3 Å². The smallest absolute Gasteiger partial charge is 0.129 e. The lowest BCUT2D eigenvalue weighted by Crippen LogP contribution is -2.13. The quantitative estimate of drug-likeness (QED) is 0.807. The van der Waals surface area contributed by atoms with Crippen molar-refractivity contribution in [2.45, 2.75) is 12.5 Å². The van der Waals surface area contributed by atoms with Crippen LogP contribution in [0.1, 0.15) is 18.0 Å². The Morgan fingerprint density at radius 2 is 2.15 bits per heavy atom. The number of benzene rings is 1. The van der Waals surface area contributed by atoms with Gasteiger partial charge in [0.2, 0.25) is 0 Å². The van der Waals surface area contributed by atoms with Crippen LogP contribution in [0.5, 0.6) is 0 Å². The summed E-state index contributed by atoms with van der Waals surface area (Å²) in [5.74, 6) is -0.478. The first kappa shape index (κ1) is 10.4. The first-order chi connectivity index (χ1) is 6.16. The van der Waals surface area contributed by atoms with Crippen LogP contribution in [0.25, 0.3) is 0 Å². The molecule has 0 aromatic heterocycles. The second-order valence-electron chi connectivity index (χ2n) is 2.72. The Bertz CT molecular complexity index is 271. The molecular formula is C9H10ClF2N. The Labute approximate surface area is 80.5 Å². The van der Waals surface area contributed by atoms with Gasteiger partial charge in [0, 0.05) is 16.6 Å². The van der Waals surface area contributed by atoms with Crippen molar-refractivity contribution in [1.82, 2.24) is 0 Å². The van der Waals surface area contributed by atoms with Crippen LogP contribution >= 0.6 is 11.6 Å². The van der Waals surface area contributed by atoms with Crippen LogP contribution < -0.4 is 5.73 Å². The Balaban J connectivity index is 2.98. The van der Waals surface area contributed by atoms with Gasteiger partial charge in [-0.25, -0.2) is 4.39 Å². The van der Waals surface area contributed by atoms with Crippen molar-refractivity contribution in [3.8, 4) is 0 Å². The molecule has 1 aromatic rings. The fourth-order valence-electron chi connectivity index (χ4n) is 1.13. The summed E-state index contributed by atoms with van der Waals surface area (Å²) in [6.07, 6.45) is 0.0840. The van der Waals surface area contributed by atoms with E-state index in [1.54, 1.807) is 0 Å². The maximum atomic E-state index is 13.1. The number of hydrogen-bond donors (Lipinski definition) is 1.